The van der Waals surface area contributed by atoms with Crippen LogP contribution in [0.15, 0.2) is 23.9 Å². The first-order valence-corrected chi connectivity index (χ1v) is 4.11. The van der Waals surface area contributed by atoms with Crippen LogP contribution in [0, 0.1) is 0 Å². The Morgan fingerprint density at radius 2 is 2.00 bits per heavy atom. The highest BCUT2D eigenvalue weighted by Crippen LogP contribution is 2.12. The zero-order valence-electron chi connectivity index (χ0n) is 8.35. The van der Waals surface area contributed by atoms with E-state index in [2.05, 4.69) is 0 Å². The van der Waals surface area contributed by atoms with E-state index in [0.29, 0.717) is 0 Å². The molecule has 0 saturated heterocycles. The monoisotopic (exact) mass is 209 g/mol. The first kappa shape index (κ1) is 13.0. The molecule has 14 heavy (non-hydrogen) atoms. The maximum Gasteiger partial charge on any atom is 0.482 e. The largest absolute Gasteiger partial charge is 0.482 e. The molecule has 1 unspecified atom stereocenters. The molecule has 0 aliphatic heterocycles. The van der Waals surface area contributed by atoms with Crippen LogP contribution in [-0.2, 0) is 4.74 Å². The van der Waals surface area contributed by atoms with Crippen LogP contribution in [0.1, 0.15) is 13.8 Å². The third-order valence-corrected chi connectivity index (χ3v) is 1.52. The number of halogens is 3. The van der Waals surface area contributed by atoms with Crippen molar-refractivity contribution in [2.45, 2.75) is 26.3 Å². The Bertz CT molecular complexity index is 221. The fraction of sp³-hybridized carbons (Fsp3) is 0.556. The van der Waals surface area contributed by atoms with Crippen LogP contribution in [0.25, 0.3) is 0 Å². The minimum absolute atomic E-state index is 0.00130. The van der Waals surface area contributed by atoms with Gasteiger partial charge in [0.1, 0.15) is 0 Å². The van der Waals surface area contributed by atoms with Crippen molar-refractivity contribution in [1.82, 2.24) is 5.32 Å². The molecular formula is C9H14F3NO. The van der Waals surface area contributed by atoms with E-state index in [-0.39, 0.29) is 11.8 Å². The van der Waals surface area contributed by atoms with Gasteiger partial charge in [0, 0.05) is 12.8 Å². The molecule has 0 aliphatic carbocycles. The van der Waals surface area contributed by atoms with Crippen molar-refractivity contribution in [2.24, 2.45) is 0 Å². The van der Waals surface area contributed by atoms with E-state index in [4.69, 9.17) is 4.74 Å². The molecule has 0 heterocycles. The lowest BCUT2D eigenvalue weighted by molar-refractivity contribution is -0.148. The zero-order valence-corrected chi connectivity index (χ0v) is 8.35. The van der Waals surface area contributed by atoms with E-state index in [0.717, 1.165) is 0 Å². The fourth-order valence-corrected chi connectivity index (χ4v) is 0.691. The number of allylic oxidation sites excluding steroid dienone is 2. The maximum absolute atomic E-state index is 11.9. The summed E-state index contributed by atoms with van der Waals surface area (Å²) in [4.78, 5) is 0. The van der Waals surface area contributed by atoms with Gasteiger partial charge in [0.2, 0.25) is 0 Å². The van der Waals surface area contributed by atoms with Crippen molar-refractivity contribution >= 4 is 0 Å². The Labute approximate surface area is 81.4 Å². The number of hydrogen-bond acceptors (Lipinski definition) is 2. The molecule has 1 N–H and O–H groups in total. The Balaban J connectivity index is 4.26. The Morgan fingerprint density at radius 3 is 2.36 bits per heavy atom. The Hall–Kier alpha value is -0.970. The summed E-state index contributed by atoms with van der Waals surface area (Å²) in [6.45, 7) is 3.26. The first-order chi connectivity index (χ1) is 6.39. The molecule has 0 fully saturated rings. The molecule has 0 saturated carbocycles. The molecule has 0 aromatic heterocycles. The lowest BCUT2D eigenvalue weighted by Crippen LogP contribution is -2.30. The highest BCUT2D eigenvalue weighted by atomic mass is 19.4. The van der Waals surface area contributed by atoms with Crippen molar-refractivity contribution in [2.75, 3.05) is 7.11 Å². The number of rotatable bonds is 4. The second-order valence-electron chi connectivity index (χ2n) is 2.67. The van der Waals surface area contributed by atoms with Crippen molar-refractivity contribution in [3.05, 3.63) is 23.9 Å². The maximum atomic E-state index is 11.9. The normalized spacial score (nSPS) is 16.0. The van der Waals surface area contributed by atoms with Crippen molar-refractivity contribution < 1.29 is 17.9 Å². The molecule has 1 atom stereocenters. The van der Waals surface area contributed by atoms with Crippen LogP contribution in [0.5, 0.6) is 0 Å². The van der Waals surface area contributed by atoms with E-state index in [1.807, 2.05) is 0 Å². The van der Waals surface area contributed by atoms with Crippen LogP contribution in [0.3, 0.4) is 0 Å². The van der Waals surface area contributed by atoms with Gasteiger partial charge in [0.15, 0.2) is 0 Å². The number of hydrogen-bond donors (Lipinski definition) is 1. The molecule has 0 rings (SSSR count). The third kappa shape index (κ3) is 6.54. The van der Waals surface area contributed by atoms with Gasteiger partial charge in [-0.05, 0) is 19.9 Å². The van der Waals surface area contributed by atoms with Crippen molar-refractivity contribution in [3.8, 4) is 0 Å². The molecule has 0 amide bonds. The Kier molecular flexibility index (Phi) is 5.30. The molecule has 0 spiro atoms. The zero-order chi connectivity index (χ0) is 11.2. The average Bonchev–Trinajstić information content (AvgIpc) is 2.09. The molecule has 0 radical (unpaired) electrons. The van der Waals surface area contributed by atoms with Gasteiger partial charge in [-0.2, -0.15) is 13.2 Å². The molecule has 5 heteroatoms. The molecule has 0 aromatic rings. The summed E-state index contributed by atoms with van der Waals surface area (Å²) in [5.74, 6) is 0. The summed E-state index contributed by atoms with van der Waals surface area (Å²) < 4.78 is 40.5. The van der Waals surface area contributed by atoms with Gasteiger partial charge >= 0.3 is 6.30 Å². The molecule has 82 valence electrons. The van der Waals surface area contributed by atoms with Gasteiger partial charge in [-0.3, -0.25) is 5.32 Å². The quantitative estimate of drug-likeness (QED) is 0.567. The lowest BCUT2D eigenvalue weighted by atomic mass is 10.3. The molecule has 0 aromatic carbocycles. The molecular weight excluding hydrogens is 195 g/mol. The highest BCUT2D eigenvalue weighted by Gasteiger charge is 2.26. The summed E-state index contributed by atoms with van der Waals surface area (Å²) in [6.07, 6.45) is -0.398. The first-order valence-electron chi connectivity index (χ1n) is 4.11. The van der Waals surface area contributed by atoms with Crippen LogP contribution in [0.2, 0.25) is 0 Å². The number of methoxy groups -OCH3 is 1. The van der Waals surface area contributed by atoms with Crippen LogP contribution < -0.4 is 5.32 Å². The number of ether oxygens (including phenoxy) is 1. The summed E-state index contributed by atoms with van der Waals surface area (Å²) in [5, 5.41) is 1.40. The van der Waals surface area contributed by atoms with Gasteiger partial charge in [0.25, 0.3) is 0 Å². The minimum atomic E-state index is -4.40. The van der Waals surface area contributed by atoms with Gasteiger partial charge < -0.3 is 4.74 Å². The van der Waals surface area contributed by atoms with Crippen molar-refractivity contribution in [3.63, 3.8) is 0 Å². The molecule has 0 aliphatic rings. The number of alkyl halides is 3. The average molecular weight is 209 g/mol. The van der Waals surface area contributed by atoms with Crippen LogP contribution >= 0.6 is 0 Å². The summed E-state index contributed by atoms with van der Waals surface area (Å²) in [7, 11) is 1.49. The van der Waals surface area contributed by atoms with Gasteiger partial charge in [-0.25, -0.2) is 0 Å². The van der Waals surface area contributed by atoms with E-state index in [1.165, 1.54) is 37.6 Å². The minimum Gasteiger partial charge on any atom is -0.378 e. The Morgan fingerprint density at radius 1 is 1.43 bits per heavy atom. The predicted octanol–water partition coefficient (Wildman–Crippen LogP) is 2.59. The fourth-order valence-electron chi connectivity index (χ4n) is 0.691. The van der Waals surface area contributed by atoms with Gasteiger partial charge in [-0.1, -0.05) is 12.2 Å². The van der Waals surface area contributed by atoms with E-state index in [1.54, 1.807) is 6.92 Å². The van der Waals surface area contributed by atoms with E-state index in [9.17, 15) is 13.2 Å². The number of nitrogens with one attached hydrogen (secondary N) is 1. The summed E-state index contributed by atoms with van der Waals surface area (Å²) >= 11 is 0. The third-order valence-electron chi connectivity index (χ3n) is 1.52. The van der Waals surface area contributed by atoms with E-state index < -0.39 is 6.30 Å². The van der Waals surface area contributed by atoms with Gasteiger partial charge in [0.05, 0.1) is 6.10 Å². The SMILES string of the molecule is C/C=C(\C=C/C(C)OC)NC(F)(F)F. The van der Waals surface area contributed by atoms with E-state index >= 15 is 0 Å². The second kappa shape index (κ2) is 5.70. The lowest BCUT2D eigenvalue weighted by Gasteiger charge is -2.10. The summed E-state index contributed by atoms with van der Waals surface area (Å²) in [6, 6.07) is 0. The molecule has 0 bridgehead atoms. The smallest absolute Gasteiger partial charge is 0.378 e. The van der Waals surface area contributed by atoms with Crippen molar-refractivity contribution in [1.29, 1.82) is 0 Å². The molecule has 2 nitrogen and oxygen atoms in total. The second-order valence-corrected chi connectivity index (χ2v) is 2.67. The standard InChI is InChI=1S/C9H14F3NO/c1-4-8(13-9(10,11)12)6-5-7(2)14-3/h4-7,13H,1-3H3/b6-5-,8-4+. The van der Waals surface area contributed by atoms with Gasteiger partial charge in [-0.15, -0.1) is 0 Å². The predicted molar refractivity (Wildman–Crippen MR) is 48.6 cm³/mol. The van der Waals surface area contributed by atoms with Crippen LogP contribution in [0.4, 0.5) is 13.2 Å². The topological polar surface area (TPSA) is 21.3 Å². The summed E-state index contributed by atoms with van der Waals surface area (Å²) in [5.41, 5.74) is 0.00130. The highest BCUT2D eigenvalue weighted by molar-refractivity contribution is 5.17. The van der Waals surface area contributed by atoms with Crippen LogP contribution in [-0.4, -0.2) is 19.5 Å².